The van der Waals surface area contributed by atoms with Crippen LogP contribution in [0.5, 0.6) is 0 Å². The fourth-order valence-corrected chi connectivity index (χ4v) is 3.65. The second-order valence-corrected chi connectivity index (χ2v) is 7.17. The van der Waals surface area contributed by atoms with Gasteiger partial charge in [-0.25, -0.2) is 19.9 Å². The number of rotatable bonds is 6. The lowest BCUT2D eigenvalue weighted by molar-refractivity contribution is -0.118. The fourth-order valence-electron chi connectivity index (χ4n) is 2.95. The number of amides is 1. The van der Waals surface area contributed by atoms with E-state index >= 15 is 0 Å². The molecule has 1 N–H and O–H groups in total. The van der Waals surface area contributed by atoms with Gasteiger partial charge in [0.25, 0.3) is 0 Å². The van der Waals surface area contributed by atoms with Crippen LogP contribution in [0.15, 0.2) is 17.4 Å². The first kappa shape index (κ1) is 17.8. The Kier molecular flexibility index (Phi) is 5.96. The summed E-state index contributed by atoms with van der Waals surface area (Å²) < 4.78 is 0. The number of carbonyl (C=O) groups excluding carboxylic acids is 1. The second kappa shape index (κ2) is 8.38. The molecule has 25 heavy (non-hydrogen) atoms. The summed E-state index contributed by atoms with van der Waals surface area (Å²) in [4.78, 5) is 29.7. The Morgan fingerprint density at radius 3 is 2.88 bits per heavy atom. The highest BCUT2D eigenvalue weighted by Gasteiger charge is 2.15. The van der Waals surface area contributed by atoms with E-state index in [0.717, 1.165) is 30.1 Å². The lowest BCUT2D eigenvalue weighted by Gasteiger charge is -2.17. The molecule has 1 amide bonds. The maximum Gasteiger partial charge on any atom is 0.230 e. The van der Waals surface area contributed by atoms with E-state index in [1.54, 1.807) is 6.20 Å². The monoisotopic (exact) mass is 357 g/mol. The van der Waals surface area contributed by atoms with Gasteiger partial charge in [0.05, 0.1) is 5.75 Å². The van der Waals surface area contributed by atoms with E-state index < -0.39 is 0 Å². The van der Waals surface area contributed by atoms with Crippen molar-refractivity contribution in [3.05, 3.63) is 40.7 Å². The Labute approximate surface area is 152 Å². The summed E-state index contributed by atoms with van der Waals surface area (Å²) in [6.45, 7) is 4.52. The molecule has 1 aliphatic carbocycles. The molecule has 0 spiro atoms. The predicted molar refractivity (Wildman–Crippen MR) is 97.6 cm³/mol. The third-order valence-corrected chi connectivity index (χ3v) is 5.07. The Balaban J connectivity index is 1.46. The van der Waals surface area contributed by atoms with Crippen LogP contribution in [0, 0.1) is 13.8 Å². The van der Waals surface area contributed by atoms with E-state index in [1.165, 1.54) is 35.9 Å². The molecule has 132 valence electrons. The number of hydrogen-bond donors (Lipinski definition) is 1. The quantitative estimate of drug-likeness (QED) is 0.631. The highest BCUT2D eigenvalue weighted by Crippen LogP contribution is 2.21. The van der Waals surface area contributed by atoms with Crippen LogP contribution < -0.4 is 5.32 Å². The summed E-state index contributed by atoms with van der Waals surface area (Å²) in [7, 11) is 0. The van der Waals surface area contributed by atoms with Gasteiger partial charge in [0.1, 0.15) is 5.82 Å². The topological polar surface area (TPSA) is 80.7 Å². The molecular formula is C18H23N5OS. The summed E-state index contributed by atoms with van der Waals surface area (Å²) >= 11 is 1.34. The van der Waals surface area contributed by atoms with Crippen molar-refractivity contribution in [2.75, 3.05) is 12.3 Å². The van der Waals surface area contributed by atoms with Gasteiger partial charge >= 0.3 is 0 Å². The molecule has 0 saturated heterocycles. The molecule has 0 radical (unpaired) electrons. The minimum absolute atomic E-state index is 0.0233. The largest absolute Gasteiger partial charge is 0.355 e. The third kappa shape index (κ3) is 4.98. The zero-order valence-electron chi connectivity index (χ0n) is 14.7. The molecule has 0 aliphatic heterocycles. The number of nitrogens with zero attached hydrogens (tertiary/aromatic N) is 4. The summed E-state index contributed by atoms with van der Waals surface area (Å²) in [5.41, 5.74) is 4.52. The van der Waals surface area contributed by atoms with Crippen LogP contribution in [-0.4, -0.2) is 38.1 Å². The van der Waals surface area contributed by atoms with Gasteiger partial charge in [0.15, 0.2) is 5.16 Å². The van der Waals surface area contributed by atoms with E-state index in [-0.39, 0.29) is 5.91 Å². The van der Waals surface area contributed by atoms with E-state index in [9.17, 15) is 4.79 Å². The van der Waals surface area contributed by atoms with Crippen LogP contribution in [0.1, 0.15) is 41.3 Å². The van der Waals surface area contributed by atoms with Crippen molar-refractivity contribution in [1.29, 1.82) is 0 Å². The van der Waals surface area contributed by atoms with Crippen LogP contribution in [0.3, 0.4) is 0 Å². The van der Waals surface area contributed by atoms with Crippen LogP contribution in [0.2, 0.25) is 0 Å². The van der Waals surface area contributed by atoms with Crippen LogP contribution in [-0.2, 0) is 24.1 Å². The lowest BCUT2D eigenvalue weighted by Crippen LogP contribution is -2.28. The van der Waals surface area contributed by atoms with E-state index in [1.807, 2.05) is 13.0 Å². The maximum absolute atomic E-state index is 12.0. The Morgan fingerprint density at radius 2 is 2.04 bits per heavy atom. The number of hydrogen-bond acceptors (Lipinski definition) is 6. The summed E-state index contributed by atoms with van der Waals surface area (Å²) in [6.07, 6.45) is 6.94. The molecule has 3 rings (SSSR count). The molecule has 2 aromatic rings. The van der Waals surface area contributed by atoms with E-state index in [0.29, 0.717) is 23.9 Å². The zero-order chi connectivity index (χ0) is 17.6. The fraction of sp³-hybridized carbons (Fsp3) is 0.500. The van der Waals surface area contributed by atoms with E-state index in [4.69, 9.17) is 0 Å². The first-order valence-electron chi connectivity index (χ1n) is 8.66. The van der Waals surface area contributed by atoms with E-state index in [2.05, 4.69) is 32.2 Å². The summed E-state index contributed by atoms with van der Waals surface area (Å²) in [6, 6.07) is 1.84. The Bertz CT molecular complexity index is 765. The number of thioether (sulfide) groups is 1. The SMILES string of the molecule is Cc1ccnc(SCC(=O)NCCc2nc(C)c3c(n2)CCCC3)n1. The minimum Gasteiger partial charge on any atom is -0.355 e. The molecule has 6 nitrogen and oxygen atoms in total. The molecule has 0 saturated carbocycles. The molecule has 1 aliphatic rings. The van der Waals surface area contributed by atoms with Crippen molar-refractivity contribution in [3.63, 3.8) is 0 Å². The molecule has 2 aromatic heterocycles. The van der Waals surface area contributed by atoms with Gasteiger partial charge < -0.3 is 5.32 Å². The smallest absolute Gasteiger partial charge is 0.230 e. The number of fused-ring (bicyclic) bond motifs is 1. The summed E-state index contributed by atoms with van der Waals surface area (Å²) in [5.74, 6) is 1.12. The standard InChI is InChI=1S/C18H23N5OS/c1-12-7-9-20-18(21-12)25-11-17(24)19-10-8-16-22-13(2)14-5-3-4-6-15(14)23-16/h7,9H,3-6,8,10-11H2,1-2H3,(H,19,24). The molecule has 0 bridgehead atoms. The summed E-state index contributed by atoms with van der Waals surface area (Å²) in [5, 5.41) is 3.55. The molecule has 0 aromatic carbocycles. The van der Waals surface area contributed by atoms with Gasteiger partial charge in [0.2, 0.25) is 5.91 Å². The molecule has 0 fully saturated rings. The zero-order valence-corrected chi connectivity index (χ0v) is 15.5. The highest BCUT2D eigenvalue weighted by atomic mass is 32.2. The van der Waals surface area contributed by atoms with Gasteiger partial charge in [-0.3, -0.25) is 4.79 Å². The van der Waals surface area contributed by atoms with Gasteiger partial charge in [-0.05, 0) is 51.2 Å². The average Bonchev–Trinajstić information content (AvgIpc) is 2.60. The van der Waals surface area contributed by atoms with Crippen molar-refractivity contribution < 1.29 is 4.79 Å². The highest BCUT2D eigenvalue weighted by molar-refractivity contribution is 7.99. The van der Waals surface area contributed by atoms with Crippen LogP contribution in [0.25, 0.3) is 0 Å². The number of aromatic nitrogens is 4. The maximum atomic E-state index is 12.0. The average molecular weight is 357 g/mol. The Hall–Kier alpha value is -2.02. The van der Waals surface area contributed by atoms with Crippen molar-refractivity contribution >= 4 is 17.7 Å². The van der Waals surface area contributed by atoms with Crippen molar-refractivity contribution in [1.82, 2.24) is 25.3 Å². The first-order chi connectivity index (χ1) is 12.1. The lowest BCUT2D eigenvalue weighted by atomic mass is 9.95. The number of aryl methyl sites for hydroxylation is 3. The first-order valence-corrected chi connectivity index (χ1v) is 9.65. The number of carbonyl (C=O) groups is 1. The van der Waals surface area contributed by atoms with Gasteiger partial charge in [0, 0.05) is 36.2 Å². The molecule has 0 atom stereocenters. The molecular weight excluding hydrogens is 334 g/mol. The van der Waals surface area contributed by atoms with Crippen molar-refractivity contribution in [2.24, 2.45) is 0 Å². The number of nitrogens with one attached hydrogen (secondary N) is 1. The molecule has 2 heterocycles. The minimum atomic E-state index is -0.0233. The third-order valence-electron chi connectivity index (χ3n) is 4.21. The van der Waals surface area contributed by atoms with Crippen molar-refractivity contribution in [3.8, 4) is 0 Å². The van der Waals surface area contributed by atoms with Gasteiger partial charge in [-0.2, -0.15) is 0 Å². The predicted octanol–water partition coefficient (Wildman–Crippen LogP) is 2.21. The van der Waals surface area contributed by atoms with Gasteiger partial charge in [-0.1, -0.05) is 11.8 Å². The van der Waals surface area contributed by atoms with Crippen molar-refractivity contribution in [2.45, 2.75) is 51.1 Å². The van der Waals surface area contributed by atoms with Crippen LogP contribution >= 0.6 is 11.8 Å². The molecule has 0 unspecified atom stereocenters. The molecule has 7 heteroatoms. The normalized spacial score (nSPS) is 13.4. The van der Waals surface area contributed by atoms with Gasteiger partial charge in [-0.15, -0.1) is 0 Å². The second-order valence-electron chi connectivity index (χ2n) is 6.23. The van der Waals surface area contributed by atoms with Crippen LogP contribution in [0.4, 0.5) is 0 Å². The Morgan fingerprint density at radius 1 is 1.20 bits per heavy atom.